The van der Waals surface area contributed by atoms with Crippen LogP contribution in [0.2, 0.25) is 0 Å². The first-order valence-electron chi connectivity index (χ1n) is 6.51. The molecule has 6 nitrogen and oxygen atoms in total. The Kier molecular flexibility index (Phi) is 4.12. The van der Waals surface area contributed by atoms with Crippen LogP contribution in [0.3, 0.4) is 0 Å². The summed E-state index contributed by atoms with van der Waals surface area (Å²) in [5.41, 5.74) is 7.87. The fourth-order valence-corrected chi connectivity index (χ4v) is 2.45. The molecule has 1 heterocycles. The van der Waals surface area contributed by atoms with E-state index in [1.54, 1.807) is 18.2 Å². The predicted octanol–water partition coefficient (Wildman–Crippen LogP) is 0.770. The van der Waals surface area contributed by atoms with Crippen molar-refractivity contribution in [3.63, 3.8) is 0 Å². The molecule has 1 fully saturated rings. The first kappa shape index (κ1) is 14.2. The number of anilines is 2. The van der Waals surface area contributed by atoms with Crippen molar-refractivity contribution in [1.82, 2.24) is 5.32 Å². The molecule has 2 rings (SSSR count). The maximum Gasteiger partial charge on any atom is 0.337 e. The number of esters is 1. The SMILES string of the molecule is COC(=O)c1ccc(N)c(N2CCC(NC(C)=O)C2)c1. The topological polar surface area (TPSA) is 84.7 Å². The van der Waals surface area contributed by atoms with Gasteiger partial charge in [-0.1, -0.05) is 0 Å². The second-order valence-corrected chi connectivity index (χ2v) is 4.90. The van der Waals surface area contributed by atoms with Crippen molar-refractivity contribution in [3.05, 3.63) is 23.8 Å². The Labute approximate surface area is 117 Å². The molecule has 0 aromatic heterocycles. The average Bonchev–Trinajstić information content (AvgIpc) is 2.85. The smallest absolute Gasteiger partial charge is 0.337 e. The van der Waals surface area contributed by atoms with E-state index in [-0.39, 0.29) is 17.9 Å². The van der Waals surface area contributed by atoms with Crippen LogP contribution in [0.15, 0.2) is 18.2 Å². The van der Waals surface area contributed by atoms with Gasteiger partial charge in [-0.2, -0.15) is 0 Å². The highest BCUT2D eigenvalue weighted by molar-refractivity contribution is 5.92. The first-order valence-corrected chi connectivity index (χ1v) is 6.51. The summed E-state index contributed by atoms with van der Waals surface area (Å²) in [6, 6.07) is 5.20. The van der Waals surface area contributed by atoms with Crippen molar-refractivity contribution < 1.29 is 14.3 Å². The third-order valence-electron chi connectivity index (χ3n) is 3.39. The Morgan fingerprint density at radius 3 is 2.85 bits per heavy atom. The van der Waals surface area contributed by atoms with Crippen LogP contribution in [0.1, 0.15) is 23.7 Å². The summed E-state index contributed by atoms with van der Waals surface area (Å²) in [6.45, 7) is 2.99. The summed E-state index contributed by atoms with van der Waals surface area (Å²) in [5, 5.41) is 2.90. The normalized spacial score (nSPS) is 17.9. The average molecular weight is 277 g/mol. The largest absolute Gasteiger partial charge is 0.465 e. The molecule has 0 bridgehead atoms. The number of carbonyl (C=O) groups is 2. The van der Waals surface area contributed by atoms with Gasteiger partial charge in [0.05, 0.1) is 24.0 Å². The zero-order chi connectivity index (χ0) is 14.7. The van der Waals surface area contributed by atoms with Crippen LogP contribution in [0.25, 0.3) is 0 Å². The van der Waals surface area contributed by atoms with Crippen molar-refractivity contribution in [3.8, 4) is 0 Å². The molecule has 1 aromatic rings. The molecule has 1 amide bonds. The Morgan fingerprint density at radius 2 is 2.20 bits per heavy atom. The van der Waals surface area contributed by atoms with Crippen LogP contribution in [0.5, 0.6) is 0 Å². The van der Waals surface area contributed by atoms with E-state index in [1.165, 1.54) is 14.0 Å². The molecule has 0 aliphatic carbocycles. The second-order valence-electron chi connectivity index (χ2n) is 4.90. The van der Waals surface area contributed by atoms with Gasteiger partial charge < -0.3 is 20.7 Å². The van der Waals surface area contributed by atoms with Crippen LogP contribution >= 0.6 is 0 Å². The fraction of sp³-hybridized carbons (Fsp3) is 0.429. The maximum absolute atomic E-state index is 11.6. The van der Waals surface area contributed by atoms with E-state index in [0.29, 0.717) is 17.8 Å². The molecule has 1 saturated heterocycles. The lowest BCUT2D eigenvalue weighted by atomic mass is 10.1. The molecule has 1 aliphatic rings. The molecular weight excluding hydrogens is 258 g/mol. The van der Waals surface area contributed by atoms with Crippen LogP contribution in [0.4, 0.5) is 11.4 Å². The van der Waals surface area contributed by atoms with E-state index in [0.717, 1.165) is 18.7 Å². The standard InChI is InChI=1S/C14H19N3O3/c1-9(18)16-11-5-6-17(8-11)13-7-10(14(19)20-2)3-4-12(13)15/h3-4,7,11H,5-6,8,15H2,1-2H3,(H,16,18). The molecular formula is C14H19N3O3. The number of nitrogens with one attached hydrogen (secondary N) is 1. The van der Waals surface area contributed by atoms with E-state index in [9.17, 15) is 9.59 Å². The Balaban J connectivity index is 2.16. The van der Waals surface area contributed by atoms with E-state index < -0.39 is 0 Å². The minimum atomic E-state index is -0.385. The monoisotopic (exact) mass is 277 g/mol. The highest BCUT2D eigenvalue weighted by atomic mass is 16.5. The summed E-state index contributed by atoms with van der Waals surface area (Å²) < 4.78 is 4.71. The summed E-state index contributed by atoms with van der Waals surface area (Å²) in [4.78, 5) is 24.7. The van der Waals surface area contributed by atoms with Crippen LogP contribution in [-0.2, 0) is 9.53 Å². The van der Waals surface area contributed by atoms with Crippen LogP contribution < -0.4 is 16.0 Å². The highest BCUT2D eigenvalue weighted by Gasteiger charge is 2.25. The zero-order valence-electron chi connectivity index (χ0n) is 11.7. The van der Waals surface area contributed by atoms with Crippen LogP contribution in [-0.4, -0.2) is 38.1 Å². The maximum atomic E-state index is 11.6. The summed E-state index contributed by atoms with van der Waals surface area (Å²) >= 11 is 0. The third-order valence-corrected chi connectivity index (χ3v) is 3.39. The second kappa shape index (κ2) is 5.81. The number of nitrogen functional groups attached to an aromatic ring is 1. The van der Waals surface area contributed by atoms with Crippen molar-refractivity contribution in [1.29, 1.82) is 0 Å². The van der Waals surface area contributed by atoms with Crippen molar-refractivity contribution >= 4 is 23.3 Å². The molecule has 6 heteroatoms. The Bertz CT molecular complexity index is 530. The molecule has 0 spiro atoms. The number of nitrogens with zero attached hydrogens (tertiary/aromatic N) is 1. The molecule has 1 aromatic carbocycles. The minimum absolute atomic E-state index is 0.0341. The number of hydrogen-bond acceptors (Lipinski definition) is 5. The molecule has 1 aliphatic heterocycles. The van der Waals surface area contributed by atoms with Crippen molar-refractivity contribution in [2.24, 2.45) is 0 Å². The fourth-order valence-electron chi connectivity index (χ4n) is 2.45. The third kappa shape index (κ3) is 3.01. The van der Waals surface area contributed by atoms with Crippen molar-refractivity contribution in [2.75, 3.05) is 30.8 Å². The molecule has 0 saturated carbocycles. The number of hydrogen-bond donors (Lipinski definition) is 2. The van der Waals surface area contributed by atoms with E-state index in [2.05, 4.69) is 10.2 Å². The lowest BCUT2D eigenvalue weighted by Crippen LogP contribution is -2.35. The van der Waals surface area contributed by atoms with Gasteiger partial charge in [0.1, 0.15) is 0 Å². The predicted molar refractivity (Wildman–Crippen MR) is 76.6 cm³/mol. The summed E-state index contributed by atoms with van der Waals surface area (Å²) in [7, 11) is 1.35. The summed E-state index contributed by atoms with van der Waals surface area (Å²) in [5.74, 6) is -0.419. The van der Waals surface area contributed by atoms with Gasteiger partial charge in [-0.3, -0.25) is 4.79 Å². The minimum Gasteiger partial charge on any atom is -0.465 e. The number of carbonyl (C=O) groups excluding carboxylic acids is 2. The van der Waals surface area contributed by atoms with Gasteiger partial charge in [-0.05, 0) is 24.6 Å². The van der Waals surface area contributed by atoms with Gasteiger partial charge in [0, 0.05) is 26.1 Å². The number of amides is 1. The zero-order valence-corrected chi connectivity index (χ0v) is 11.7. The lowest BCUT2D eigenvalue weighted by molar-refractivity contribution is -0.119. The van der Waals surface area contributed by atoms with E-state index in [1.807, 2.05) is 0 Å². The molecule has 1 atom stereocenters. The highest BCUT2D eigenvalue weighted by Crippen LogP contribution is 2.28. The number of nitrogens with two attached hydrogens (primary N) is 1. The molecule has 1 unspecified atom stereocenters. The van der Waals surface area contributed by atoms with Gasteiger partial charge in [-0.25, -0.2) is 4.79 Å². The summed E-state index contributed by atoms with van der Waals surface area (Å²) in [6.07, 6.45) is 0.863. The van der Waals surface area contributed by atoms with Crippen molar-refractivity contribution in [2.45, 2.75) is 19.4 Å². The van der Waals surface area contributed by atoms with E-state index in [4.69, 9.17) is 10.5 Å². The van der Waals surface area contributed by atoms with Gasteiger partial charge in [0.15, 0.2) is 0 Å². The Morgan fingerprint density at radius 1 is 1.45 bits per heavy atom. The van der Waals surface area contributed by atoms with Gasteiger partial charge in [0.2, 0.25) is 5.91 Å². The lowest BCUT2D eigenvalue weighted by Gasteiger charge is -2.21. The quantitative estimate of drug-likeness (QED) is 0.629. The first-order chi connectivity index (χ1) is 9.51. The van der Waals surface area contributed by atoms with Crippen LogP contribution in [0, 0.1) is 0 Å². The molecule has 0 radical (unpaired) electrons. The Hall–Kier alpha value is -2.24. The number of methoxy groups -OCH3 is 1. The van der Waals surface area contributed by atoms with Gasteiger partial charge in [-0.15, -0.1) is 0 Å². The van der Waals surface area contributed by atoms with Gasteiger partial charge in [0.25, 0.3) is 0 Å². The molecule has 3 N–H and O–H groups in total. The number of benzene rings is 1. The number of rotatable bonds is 3. The molecule has 20 heavy (non-hydrogen) atoms. The molecule has 108 valence electrons. The van der Waals surface area contributed by atoms with Gasteiger partial charge >= 0.3 is 5.97 Å². The van der Waals surface area contributed by atoms with E-state index >= 15 is 0 Å². The number of ether oxygens (including phenoxy) is 1.